The molecule has 0 spiro atoms. The largest absolute Gasteiger partial charge is 0.409 e. The number of amidine groups is 1. The van der Waals surface area contributed by atoms with Crippen molar-refractivity contribution in [3.8, 4) is 0 Å². The molecule has 0 saturated heterocycles. The Morgan fingerprint density at radius 2 is 2.42 bits per heavy atom. The van der Waals surface area contributed by atoms with Gasteiger partial charge in [0.05, 0.1) is 4.34 Å². The van der Waals surface area contributed by atoms with Crippen molar-refractivity contribution in [2.45, 2.75) is 0 Å². The van der Waals surface area contributed by atoms with Gasteiger partial charge < -0.3 is 10.9 Å². The van der Waals surface area contributed by atoms with Gasteiger partial charge in [-0.15, -0.1) is 11.3 Å². The highest BCUT2D eigenvalue weighted by atomic mass is 35.5. The van der Waals surface area contributed by atoms with E-state index in [1.165, 1.54) is 17.4 Å². The number of hydrogen-bond acceptors (Lipinski definition) is 3. The molecule has 0 radical (unpaired) electrons. The molecule has 5 heteroatoms. The molecule has 64 valence electrons. The maximum absolute atomic E-state index is 8.21. The monoisotopic (exact) mass is 202 g/mol. The van der Waals surface area contributed by atoms with Crippen LogP contribution < -0.4 is 5.73 Å². The van der Waals surface area contributed by atoms with Crippen LogP contribution in [0.1, 0.15) is 4.88 Å². The zero-order valence-corrected chi connectivity index (χ0v) is 7.64. The van der Waals surface area contributed by atoms with Crippen LogP contribution in [0.5, 0.6) is 0 Å². The first kappa shape index (κ1) is 9.09. The summed E-state index contributed by atoms with van der Waals surface area (Å²) in [6.45, 7) is 0. The van der Waals surface area contributed by atoms with Gasteiger partial charge in [0.1, 0.15) is 0 Å². The van der Waals surface area contributed by atoms with Crippen molar-refractivity contribution < 1.29 is 5.21 Å². The van der Waals surface area contributed by atoms with E-state index >= 15 is 0 Å². The first-order valence-corrected chi connectivity index (χ1v) is 4.33. The lowest BCUT2D eigenvalue weighted by atomic mass is 10.4. The number of nitrogens with zero attached hydrogens (tertiary/aromatic N) is 1. The molecule has 12 heavy (non-hydrogen) atoms. The predicted molar refractivity (Wildman–Crippen MR) is 51.8 cm³/mol. The zero-order valence-electron chi connectivity index (χ0n) is 6.07. The summed E-state index contributed by atoms with van der Waals surface area (Å²) in [5.41, 5.74) is 5.21. The van der Waals surface area contributed by atoms with Crippen LogP contribution in [-0.2, 0) is 0 Å². The van der Waals surface area contributed by atoms with E-state index in [1.54, 1.807) is 12.1 Å². The lowest BCUT2D eigenvalue weighted by Gasteiger charge is -1.84. The smallest absolute Gasteiger partial charge is 0.162 e. The number of nitrogens with two attached hydrogens (primary N) is 1. The third kappa shape index (κ3) is 2.56. The van der Waals surface area contributed by atoms with Crippen molar-refractivity contribution in [3.05, 3.63) is 27.4 Å². The highest BCUT2D eigenvalue weighted by Crippen LogP contribution is 2.22. The Labute approximate surface area is 78.8 Å². The molecule has 0 amide bonds. The van der Waals surface area contributed by atoms with E-state index in [1.807, 2.05) is 6.07 Å². The van der Waals surface area contributed by atoms with Gasteiger partial charge in [-0.2, -0.15) is 0 Å². The van der Waals surface area contributed by atoms with E-state index < -0.39 is 0 Å². The molecule has 0 aliphatic rings. The van der Waals surface area contributed by atoms with Crippen molar-refractivity contribution >= 4 is 34.8 Å². The number of oxime groups is 1. The standard InChI is InChI=1S/C7H7ClN2OS/c8-6-3-1-5(12-6)2-4-7(9)10-11/h1-4,11H,(H2,9,10)/b4-2+. The summed E-state index contributed by atoms with van der Waals surface area (Å²) < 4.78 is 0.717. The lowest BCUT2D eigenvalue weighted by Crippen LogP contribution is -2.06. The Hall–Kier alpha value is -1.00. The fourth-order valence-electron chi connectivity index (χ4n) is 0.619. The van der Waals surface area contributed by atoms with Crippen LogP contribution in [-0.4, -0.2) is 11.0 Å². The molecule has 0 aliphatic carbocycles. The van der Waals surface area contributed by atoms with Gasteiger partial charge in [0.15, 0.2) is 5.84 Å². The Balaban J connectivity index is 2.69. The van der Waals surface area contributed by atoms with Gasteiger partial charge in [0.25, 0.3) is 0 Å². The van der Waals surface area contributed by atoms with Gasteiger partial charge in [-0.3, -0.25) is 0 Å². The summed E-state index contributed by atoms with van der Waals surface area (Å²) >= 11 is 7.11. The highest BCUT2D eigenvalue weighted by molar-refractivity contribution is 7.17. The van der Waals surface area contributed by atoms with Gasteiger partial charge in [-0.1, -0.05) is 16.8 Å². The predicted octanol–water partition coefficient (Wildman–Crippen LogP) is 2.16. The number of rotatable bonds is 2. The number of halogens is 1. The molecule has 1 heterocycles. The molecule has 3 nitrogen and oxygen atoms in total. The lowest BCUT2D eigenvalue weighted by molar-refractivity contribution is 0.319. The first-order chi connectivity index (χ1) is 5.72. The second-order valence-electron chi connectivity index (χ2n) is 2.00. The molecule has 0 bridgehead atoms. The molecule has 0 atom stereocenters. The Kier molecular flexibility index (Phi) is 3.13. The van der Waals surface area contributed by atoms with E-state index in [4.69, 9.17) is 22.5 Å². The van der Waals surface area contributed by atoms with Gasteiger partial charge in [-0.25, -0.2) is 0 Å². The Morgan fingerprint density at radius 1 is 1.67 bits per heavy atom. The first-order valence-electron chi connectivity index (χ1n) is 3.13. The normalized spacial score (nSPS) is 12.6. The summed E-state index contributed by atoms with van der Waals surface area (Å²) in [4.78, 5) is 0.964. The highest BCUT2D eigenvalue weighted by Gasteiger charge is 1.92. The van der Waals surface area contributed by atoms with E-state index in [-0.39, 0.29) is 5.84 Å². The topological polar surface area (TPSA) is 58.6 Å². The summed E-state index contributed by atoms with van der Waals surface area (Å²) in [5.74, 6) is 0.0690. The van der Waals surface area contributed by atoms with Gasteiger partial charge >= 0.3 is 0 Å². The fraction of sp³-hybridized carbons (Fsp3) is 0. The molecule has 1 aromatic heterocycles. The second kappa shape index (κ2) is 4.13. The summed E-state index contributed by atoms with van der Waals surface area (Å²) in [5, 5.41) is 11.0. The van der Waals surface area contributed by atoms with Gasteiger partial charge in [0, 0.05) is 4.88 Å². The van der Waals surface area contributed by atoms with E-state index in [9.17, 15) is 0 Å². The van der Waals surface area contributed by atoms with Crippen LogP contribution in [0.25, 0.3) is 6.08 Å². The molecule has 1 rings (SSSR count). The van der Waals surface area contributed by atoms with Crippen molar-refractivity contribution in [2.24, 2.45) is 10.9 Å². The van der Waals surface area contributed by atoms with E-state index in [0.29, 0.717) is 4.34 Å². The minimum Gasteiger partial charge on any atom is -0.409 e. The quantitative estimate of drug-likeness (QED) is 0.334. The molecule has 0 aliphatic heterocycles. The second-order valence-corrected chi connectivity index (χ2v) is 3.75. The Morgan fingerprint density at radius 3 is 2.92 bits per heavy atom. The summed E-state index contributed by atoms with van der Waals surface area (Å²) in [7, 11) is 0. The third-order valence-corrected chi connectivity index (χ3v) is 2.32. The number of hydrogen-bond donors (Lipinski definition) is 2. The molecular formula is C7H7ClN2OS. The Bertz CT molecular complexity index is 319. The van der Waals surface area contributed by atoms with Crippen LogP contribution in [0.15, 0.2) is 23.4 Å². The summed E-state index contributed by atoms with van der Waals surface area (Å²) in [6, 6.07) is 3.65. The molecule has 3 N–H and O–H groups in total. The van der Waals surface area contributed by atoms with Crippen LogP contribution in [0.4, 0.5) is 0 Å². The van der Waals surface area contributed by atoms with E-state index in [2.05, 4.69) is 5.16 Å². The fourth-order valence-corrected chi connectivity index (χ4v) is 1.58. The van der Waals surface area contributed by atoms with Crippen LogP contribution in [0.3, 0.4) is 0 Å². The average molecular weight is 203 g/mol. The maximum atomic E-state index is 8.21. The van der Waals surface area contributed by atoms with Crippen LogP contribution in [0.2, 0.25) is 4.34 Å². The molecular weight excluding hydrogens is 196 g/mol. The van der Waals surface area contributed by atoms with Crippen LogP contribution in [0, 0.1) is 0 Å². The third-order valence-electron chi connectivity index (χ3n) is 1.13. The zero-order chi connectivity index (χ0) is 8.97. The molecule has 0 saturated carbocycles. The SMILES string of the molecule is NC(/C=C/c1ccc(Cl)s1)=N\O. The van der Waals surface area contributed by atoms with E-state index in [0.717, 1.165) is 4.88 Å². The van der Waals surface area contributed by atoms with Crippen LogP contribution >= 0.6 is 22.9 Å². The molecule has 0 aromatic carbocycles. The van der Waals surface area contributed by atoms with Crippen molar-refractivity contribution in [1.82, 2.24) is 0 Å². The van der Waals surface area contributed by atoms with Gasteiger partial charge in [-0.05, 0) is 24.3 Å². The van der Waals surface area contributed by atoms with Crippen molar-refractivity contribution in [1.29, 1.82) is 0 Å². The maximum Gasteiger partial charge on any atom is 0.162 e. The van der Waals surface area contributed by atoms with Gasteiger partial charge in [0.2, 0.25) is 0 Å². The molecule has 0 unspecified atom stereocenters. The minimum absolute atomic E-state index is 0.0690. The minimum atomic E-state index is 0.0690. The van der Waals surface area contributed by atoms with Crippen molar-refractivity contribution in [2.75, 3.05) is 0 Å². The number of thiophene rings is 1. The average Bonchev–Trinajstić information content (AvgIpc) is 2.47. The van der Waals surface area contributed by atoms with Crippen molar-refractivity contribution in [3.63, 3.8) is 0 Å². The summed E-state index contributed by atoms with van der Waals surface area (Å²) in [6.07, 6.45) is 3.23. The molecule has 0 fully saturated rings. The molecule has 1 aromatic rings.